The molecule has 0 spiro atoms. The summed E-state index contributed by atoms with van der Waals surface area (Å²) in [5, 5.41) is 4.18. The van der Waals surface area contributed by atoms with Crippen molar-refractivity contribution >= 4 is 0 Å². The van der Waals surface area contributed by atoms with E-state index in [9.17, 15) is 0 Å². The minimum atomic E-state index is -0.0339. The Morgan fingerprint density at radius 2 is 1.92 bits per heavy atom. The molecular weight excluding hydrogens is 154 g/mol. The molecule has 1 rings (SSSR count). The zero-order valence-electron chi connectivity index (χ0n) is 8.25. The van der Waals surface area contributed by atoms with Gasteiger partial charge < -0.3 is 4.74 Å². The van der Waals surface area contributed by atoms with Crippen LogP contribution in [-0.4, -0.2) is 21.9 Å². The smallest absolute Gasteiger partial charge is 0.335 e. The van der Waals surface area contributed by atoms with Crippen molar-refractivity contribution in [1.82, 2.24) is 14.8 Å². The summed E-state index contributed by atoms with van der Waals surface area (Å²) in [6.45, 7) is 8.15. The van der Waals surface area contributed by atoms with E-state index in [2.05, 4.69) is 30.9 Å². The Kier molecular flexibility index (Phi) is 2.08. The number of hydrogen-bond donors (Lipinski definition) is 0. The van der Waals surface area contributed by atoms with Crippen molar-refractivity contribution in [3.63, 3.8) is 0 Å². The van der Waals surface area contributed by atoms with Gasteiger partial charge in [0.1, 0.15) is 5.82 Å². The van der Waals surface area contributed by atoms with Gasteiger partial charge in [-0.1, -0.05) is 0 Å². The Hall–Kier alpha value is -1.06. The van der Waals surface area contributed by atoms with E-state index in [1.54, 1.807) is 7.11 Å². The Morgan fingerprint density at radius 3 is 2.17 bits per heavy atom. The standard InChI is InChI=1S/C8H15N3O/c1-6-9-7(12-5)10-11(6)8(2,3)4/h1-5H3. The zero-order chi connectivity index (χ0) is 9.35. The van der Waals surface area contributed by atoms with Crippen LogP contribution in [0.3, 0.4) is 0 Å². The molecule has 0 unspecified atom stereocenters. The molecule has 0 fully saturated rings. The van der Waals surface area contributed by atoms with Gasteiger partial charge in [0.25, 0.3) is 0 Å². The second-order valence-corrected chi connectivity index (χ2v) is 3.73. The van der Waals surface area contributed by atoms with Gasteiger partial charge in [0, 0.05) is 0 Å². The lowest BCUT2D eigenvalue weighted by molar-refractivity contribution is 0.324. The molecule has 0 atom stereocenters. The van der Waals surface area contributed by atoms with Gasteiger partial charge in [0.15, 0.2) is 0 Å². The second-order valence-electron chi connectivity index (χ2n) is 3.73. The second kappa shape index (κ2) is 2.77. The normalized spacial score (nSPS) is 11.8. The summed E-state index contributed by atoms with van der Waals surface area (Å²) >= 11 is 0. The molecule has 0 saturated carbocycles. The third kappa shape index (κ3) is 1.57. The molecule has 0 N–H and O–H groups in total. The molecule has 0 aliphatic carbocycles. The fourth-order valence-electron chi connectivity index (χ4n) is 1.09. The first-order valence-electron chi connectivity index (χ1n) is 3.93. The molecule has 0 aliphatic heterocycles. The lowest BCUT2D eigenvalue weighted by Crippen LogP contribution is -2.24. The number of methoxy groups -OCH3 is 1. The van der Waals surface area contributed by atoms with E-state index >= 15 is 0 Å². The largest absolute Gasteiger partial charge is 0.466 e. The first-order valence-corrected chi connectivity index (χ1v) is 3.93. The minimum absolute atomic E-state index is 0.0339. The monoisotopic (exact) mass is 169 g/mol. The maximum atomic E-state index is 4.93. The summed E-state index contributed by atoms with van der Waals surface area (Å²) in [5.41, 5.74) is -0.0339. The average molecular weight is 169 g/mol. The Labute approximate surface area is 72.6 Å². The van der Waals surface area contributed by atoms with Crippen LogP contribution in [0.5, 0.6) is 6.01 Å². The number of ether oxygens (including phenoxy) is 1. The van der Waals surface area contributed by atoms with E-state index in [-0.39, 0.29) is 5.54 Å². The lowest BCUT2D eigenvalue weighted by atomic mass is 10.1. The highest BCUT2D eigenvalue weighted by Gasteiger charge is 2.18. The molecule has 1 aromatic rings. The summed E-state index contributed by atoms with van der Waals surface area (Å²) in [6.07, 6.45) is 0. The highest BCUT2D eigenvalue weighted by atomic mass is 16.5. The summed E-state index contributed by atoms with van der Waals surface area (Å²) in [4.78, 5) is 4.13. The summed E-state index contributed by atoms with van der Waals surface area (Å²) in [6, 6.07) is 0.433. The first kappa shape index (κ1) is 9.03. The molecule has 0 amide bonds. The van der Waals surface area contributed by atoms with Crippen LogP contribution in [0.4, 0.5) is 0 Å². The number of aromatic nitrogens is 3. The van der Waals surface area contributed by atoms with E-state index in [0.29, 0.717) is 6.01 Å². The van der Waals surface area contributed by atoms with Gasteiger partial charge in [-0.3, -0.25) is 0 Å². The molecule has 4 nitrogen and oxygen atoms in total. The molecule has 0 radical (unpaired) electrons. The molecule has 0 bridgehead atoms. The number of aryl methyl sites for hydroxylation is 1. The van der Waals surface area contributed by atoms with Gasteiger partial charge in [-0.25, -0.2) is 4.68 Å². The maximum Gasteiger partial charge on any atom is 0.335 e. The average Bonchev–Trinajstić information content (AvgIpc) is 2.29. The van der Waals surface area contributed by atoms with Crippen LogP contribution >= 0.6 is 0 Å². The number of hydrogen-bond acceptors (Lipinski definition) is 3. The third-order valence-electron chi connectivity index (χ3n) is 1.57. The zero-order valence-corrected chi connectivity index (χ0v) is 8.25. The molecule has 0 saturated heterocycles. The van der Waals surface area contributed by atoms with Crippen LogP contribution in [0.25, 0.3) is 0 Å². The van der Waals surface area contributed by atoms with Gasteiger partial charge in [-0.15, -0.1) is 5.10 Å². The van der Waals surface area contributed by atoms with Crippen molar-refractivity contribution in [2.45, 2.75) is 33.2 Å². The van der Waals surface area contributed by atoms with Crippen molar-refractivity contribution < 1.29 is 4.74 Å². The third-order valence-corrected chi connectivity index (χ3v) is 1.57. The molecular formula is C8H15N3O. The molecule has 0 aliphatic rings. The van der Waals surface area contributed by atoms with Crippen LogP contribution < -0.4 is 4.74 Å². The first-order chi connectivity index (χ1) is 5.45. The molecule has 1 heterocycles. The lowest BCUT2D eigenvalue weighted by Gasteiger charge is -2.19. The molecule has 4 heteroatoms. The van der Waals surface area contributed by atoms with Crippen LogP contribution in [0.1, 0.15) is 26.6 Å². The van der Waals surface area contributed by atoms with Crippen LogP contribution in [-0.2, 0) is 5.54 Å². The fourth-order valence-corrected chi connectivity index (χ4v) is 1.09. The van der Waals surface area contributed by atoms with Gasteiger partial charge in [-0.05, 0) is 27.7 Å². The SMILES string of the molecule is COc1nc(C)n(C(C)(C)C)n1. The van der Waals surface area contributed by atoms with Gasteiger partial charge in [0.2, 0.25) is 0 Å². The predicted molar refractivity (Wildman–Crippen MR) is 46.3 cm³/mol. The molecule has 68 valence electrons. The quantitative estimate of drug-likeness (QED) is 0.637. The Morgan fingerprint density at radius 1 is 1.33 bits per heavy atom. The minimum Gasteiger partial charge on any atom is -0.466 e. The highest BCUT2D eigenvalue weighted by Crippen LogP contribution is 2.16. The van der Waals surface area contributed by atoms with Crippen molar-refractivity contribution in [3.8, 4) is 6.01 Å². The predicted octanol–water partition coefficient (Wildman–Crippen LogP) is 1.35. The van der Waals surface area contributed by atoms with E-state index in [4.69, 9.17) is 4.74 Å². The topological polar surface area (TPSA) is 39.9 Å². The van der Waals surface area contributed by atoms with Gasteiger partial charge >= 0.3 is 6.01 Å². The summed E-state index contributed by atoms with van der Waals surface area (Å²) < 4.78 is 6.78. The maximum absolute atomic E-state index is 4.93. The Bertz CT molecular complexity index is 272. The summed E-state index contributed by atoms with van der Waals surface area (Å²) in [5.74, 6) is 0.874. The van der Waals surface area contributed by atoms with Gasteiger partial charge in [0.05, 0.1) is 12.6 Å². The van der Waals surface area contributed by atoms with E-state index in [1.165, 1.54) is 0 Å². The van der Waals surface area contributed by atoms with E-state index in [1.807, 2.05) is 11.6 Å². The highest BCUT2D eigenvalue weighted by molar-refractivity contribution is 4.98. The van der Waals surface area contributed by atoms with Crippen molar-refractivity contribution in [3.05, 3.63) is 5.82 Å². The van der Waals surface area contributed by atoms with E-state index in [0.717, 1.165) is 5.82 Å². The molecule has 12 heavy (non-hydrogen) atoms. The summed E-state index contributed by atoms with van der Waals surface area (Å²) in [7, 11) is 1.57. The fraction of sp³-hybridized carbons (Fsp3) is 0.750. The van der Waals surface area contributed by atoms with Crippen molar-refractivity contribution in [2.75, 3.05) is 7.11 Å². The number of nitrogens with zero attached hydrogens (tertiary/aromatic N) is 3. The van der Waals surface area contributed by atoms with Gasteiger partial charge in [-0.2, -0.15) is 4.98 Å². The van der Waals surface area contributed by atoms with Crippen LogP contribution in [0.2, 0.25) is 0 Å². The molecule has 0 aromatic carbocycles. The van der Waals surface area contributed by atoms with E-state index < -0.39 is 0 Å². The van der Waals surface area contributed by atoms with Crippen LogP contribution in [0, 0.1) is 6.92 Å². The molecule has 1 aromatic heterocycles. The number of rotatable bonds is 1. The van der Waals surface area contributed by atoms with Crippen LogP contribution in [0.15, 0.2) is 0 Å². The van der Waals surface area contributed by atoms with Crippen molar-refractivity contribution in [2.24, 2.45) is 0 Å². The Balaban J connectivity index is 3.08. The van der Waals surface area contributed by atoms with Crippen molar-refractivity contribution in [1.29, 1.82) is 0 Å².